The lowest BCUT2D eigenvalue weighted by Crippen LogP contribution is -2.47. The molecule has 2 aliphatic rings. The Morgan fingerprint density at radius 3 is 2.59 bits per heavy atom. The number of benzene rings is 1. The van der Waals surface area contributed by atoms with Gasteiger partial charge in [0.05, 0.1) is 24.0 Å². The summed E-state index contributed by atoms with van der Waals surface area (Å²) < 4.78 is 34.0. The maximum absolute atomic E-state index is 12.7. The van der Waals surface area contributed by atoms with Crippen LogP contribution in [0.1, 0.15) is 25.3 Å². The Morgan fingerprint density at radius 2 is 1.96 bits per heavy atom. The van der Waals surface area contributed by atoms with E-state index in [9.17, 15) is 13.2 Å². The van der Waals surface area contributed by atoms with Crippen LogP contribution < -0.4 is 4.72 Å². The van der Waals surface area contributed by atoms with Crippen LogP contribution in [0, 0.1) is 0 Å². The Labute approximate surface area is 161 Å². The van der Waals surface area contributed by atoms with E-state index < -0.39 is 10.0 Å². The molecule has 2 fully saturated rings. The molecule has 2 heterocycles. The third kappa shape index (κ3) is 4.87. The molecule has 150 valence electrons. The molecule has 0 aromatic heterocycles. The molecule has 0 saturated carbocycles. The molecular weight excluding hydrogens is 366 g/mol. The summed E-state index contributed by atoms with van der Waals surface area (Å²) in [5.41, 5.74) is 1.11. The number of amides is 1. The van der Waals surface area contributed by atoms with Gasteiger partial charge >= 0.3 is 0 Å². The van der Waals surface area contributed by atoms with Crippen LogP contribution in [0.5, 0.6) is 0 Å². The number of carbonyl (C=O) groups is 1. The summed E-state index contributed by atoms with van der Waals surface area (Å²) in [5, 5.41) is 0. The SMILES string of the molecule is CCc1ccc(S(=O)(=O)N[C@@H]2C[C@H]3CO[C@@H](CC(=O)N(C)C)CN3C2)cc1. The number of hydrogen-bond acceptors (Lipinski definition) is 5. The molecule has 7 nitrogen and oxygen atoms in total. The van der Waals surface area contributed by atoms with Crippen LogP contribution in [0.15, 0.2) is 29.2 Å². The zero-order valence-corrected chi connectivity index (χ0v) is 17.0. The van der Waals surface area contributed by atoms with Gasteiger partial charge < -0.3 is 9.64 Å². The largest absolute Gasteiger partial charge is 0.375 e. The van der Waals surface area contributed by atoms with Crippen molar-refractivity contribution in [1.29, 1.82) is 0 Å². The van der Waals surface area contributed by atoms with Gasteiger partial charge in [-0.05, 0) is 30.5 Å². The molecular formula is C19H29N3O4S. The Hall–Kier alpha value is -1.48. The van der Waals surface area contributed by atoms with Crippen molar-refractivity contribution in [3.63, 3.8) is 0 Å². The van der Waals surface area contributed by atoms with Gasteiger partial charge in [-0.15, -0.1) is 0 Å². The second-order valence-electron chi connectivity index (χ2n) is 7.61. The molecule has 1 aromatic rings. The predicted molar refractivity (Wildman–Crippen MR) is 103 cm³/mol. The maximum atomic E-state index is 12.7. The molecule has 0 spiro atoms. The van der Waals surface area contributed by atoms with Gasteiger partial charge in [0.2, 0.25) is 15.9 Å². The lowest BCUT2D eigenvalue weighted by molar-refractivity contribution is -0.134. The highest BCUT2D eigenvalue weighted by atomic mass is 32.2. The first kappa shape index (κ1) is 20.3. The molecule has 0 aliphatic carbocycles. The third-order valence-corrected chi connectivity index (χ3v) is 6.89. The number of morpholine rings is 1. The van der Waals surface area contributed by atoms with E-state index in [0.717, 1.165) is 18.4 Å². The van der Waals surface area contributed by atoms with Gasteiger partial charge in [-0.1, -0.05) is 19.1 Å². The summed E-state index contributed by atoms with van der Waals surface area (Å²) in [4.78, 5) is 16.0. The lowest BCUT2D eigenvalue weighted by atomic mass is 10.1. The van der Waals surface area contributed by atoms with Crippen molar-refractivity contribution in [3.05, 3.63) is 29.8 Å². The average Bonchev–Trinajstić information content (AvgIpc) is 3.02. The Morgan fingerprint density at radius 1 is 1.26 bits per heavy atom. The monoisotopic (exact) mass is 395 g/mol. The fourth-order valence-electron chi connectivity index (χ4n) is 3.72. The van der Waals surface area contributed by atoms with Gasteiger partial charge in [0.25, 0.3) is 0 Å². The van der Waals surface area contributed by atoms with Crippen LogP contribution in [0.4, 0.5) is 0 Å². The minimum atomic E-state index is -3.53. The van der Waals surface area contributed by atoms with Crippen molar-refractivity contribution in [2.24, 2.45) is 0 Å². The van der Waals surface area contributed by atoms with Crippen molar-refractivity contribution in [2.45, 2.75) is 49.3 Å². The minimum absolute atomic E-state index is 0.0467. The van der Waals surface area contributed by atoms with E-state index in [1.54, 1.807) is 31.1 Å². The fraction of sp³-hybridized carbons (Fsp3) is 0.632. The molecule has 0 unspecified atom stereocenters. The number of nitrogens with zero attached hydrogens (tertiary/aromatic N) is 2. The van der Waals surface area contributed by atoms with Crippen molar-refractivity contribution in [2.75, 3.05) is 33.8 Å². The molecule has 0 radical (unpaired) electrons. The smallest absolute Gasteiger partial charge is 0.240 e. The third-order valence-electron chi connectivity index (χ3n) is 5.36. The van der Waals surface area contributed by atoms with Crippen LogP contribution in [-0.2, 0) is 26.0 Å². The first-order valence-electron chi connectivity index (χ1n) is 9.45. The van der Waals surface area contributed by atoms with Gasteiger partial charge in [0, 0.05) is 39.3 Å². The first-order valence-corrected chi connectivity index (χ1v) is 10.9. The number of nitrogens with one attached hydrogen (secondary N) is 1. The second kappa shape index (κ2) is 8.26. The van der Waals surface area contributed by atoms with E-state index in [2.05, 4.69) is 9.62 Å². The van der Waals surface area contributed by atoms with Crippen LogP contribution in [0.3, 0.4) is 0 Å². The van der Waals surface area contributed by atoms with Crippen molar-refractivity contribution >= 4 is 15.9 Å². The Kier molecular flexibility index (Phi) is 6.20. The van der Waals surface area contributed by atoms with Gasteiger partial charge in [-0.3, -0.25) is 9.69 Å². The minimum Gasteiger partial charge on any atom is -0.375 e. The van der Waals surface area contributed by atoms with Gasteiger partial charge in [0.1, 0.15) is 0 Å². The number of aryl methyl sites for hydroxylation is 1. The average molecular weight is 396 g/mol. The fourth-order valence-corrected chi connectivity index (χ4v) is 4.96. The van der Waals surface area contributed by atoms with Crippen molar-refractivity contribution in [3.8, 4) is 0 Å². The number of hydrogen-bond donors (Lipinski definition) is 1. The molecule has 27 heavy (non-hydrogen) atoms. The van der Waals surface area contributed by atoms with E-state index in [0.29, 0.717) is 31.0 Å². The van der Waals surface area contributed by atoms with E-state index in [4.69, 9.17) is 4.74 Å². The van der Waals surface area contributed by atoms with Gasteiger partial charge in [-0.25, -0.2) is 13.1 Å². The quantitative estimate of drug-likeness (QED) is 0.773. The maximum Gasteiger partial charge on any atom is 0.240 e. The highest BCUT2D eigenvalue weighted by molar-refractivity contribution is 7.89. The summed E-state index contributed by atoms with van der Waals surface area (Å²) in [7, 11) is -0.0581. The molecule has 1 amide bonds. The Balaban J connectivity index is 1.58. The van der Waals surface area contributed by atoms with E-state index in [-0.39, 0.29) is 24.1 Å². The summed E-state index contributed by atoms with van der Waals surface area (Å²) >= 11 is 0. The molecule has 2 aliphatic heterocycles. The highest BCUT2D eigenvalue weighted by Gasteiger charge is 2.39. The Bertz CT molecular complexity index is 764. The van der Waals surface area contributed by atoms with Crippen LogP contribution in [0.25, 0.3) is 0 Å². The number of sulfonamides is 1. The summed E-state index contributed by atoms with van der Waals surface area (Å²) in [5.74, 6) is 0.0467. The zero-order valence-electron chi connectivity index (χ0n) is 16.2. The highest BCUT2D eigenvalue weighted by Crippen LogP contribution is 2.25. The zero-order chi connectivity index (χ0) is 19.6. The number of carbonyl (C=O) groups excluding carboxylic acids is 1. The normalized spacial score (nSPS) is 26.0. The molecule has 3 atom stereocenters. The molecule has 8 heteroatoms. The topological polar surface area (TPSA) is 78.9 Å². The van der Waals surface area contributed by atoms with Crippen LogP contribution >= 0.6 is 0 Å². The van der Waals surface area contributed by atoms with Crippen LogP contribution in [-0.4, -0.2) is 76.1 Å². The molecule has 2 saturated heterocycles. The van der Waals surface area contributed by atoms with E-state index in [1.807, 2.05) is 19.1 Å². The molecule has 0 bridgehead atoms. The first-order chi connectivity index (χ1) is 12.8. The number of rotatable bonds is 6. The number of fused-ring (bicyclic) bond motifs is 1. The van der Waals surface area contributed by atoms with Crippen molar-refractivity contribution in [1.82, 2.24) is 14.5 Å². The summed E-state index contributed by atoms with van der Waals surface area (Å²) in [6.07, 6.45) is 1.83. The number of ether oxygens (including phenoxy) is 1. The molecule has 3 rings (SSSR count). The van der Waals surface area contributed by atoms with E-state index in [1.165, 1.54) is 0 Å². The van der Waals surface area contributed by atoms with E-state index >= 15 is 0 Å². The standard InChI is InChI=1S/C19H29N3O4S/c1-4-14-5-7-18(8-6-14)27(24,25)20-15-9-16-13-26-17(12-22(16)11-15)10-19(23)21(2)3/h5-8,15-17,20H,4,9-13H2,1-3H3/t15-,16+,17+/m1/s1. The van der Waals surface area contributed by atoms with Crippen LogP contribution in [0.2, 0.25) is 0 Å². The summed E-state index contributed by atoms with van der Waals surface area (Å²) in [6, 6.07) is 7.09. The lowest BCUT2D eigenvalue weighted by Gasteiger charge is -2.35. The van der Waals surface area contributed by atoms with Gasteiger partial charge in [0.15, 0.2) is 0 Å². The molecule has 1 aromatic carbocycles. The summed E-state index contributed by atoms with van der Waals surface area (Å²) in [6.45, 7) is 3.88. The molecule has 1 N–H and O–H groups in total. The second-order valence-corrected chi connectivity index (χ2v) is 9.32. The predicted octanol–water partition coefficient (Wildman–Crippen LogP) is 0.847. The van der Waals surface area contributed by atoms with Gasteiger partial charge in [-0.2, -0.15) is 0 Å². The van der Waals surface area contributed by atoms with Crippen molar-refractivity contribution < 1.29 is 17.9 Å².